The molecule has 2 rings (SSSR count). The SMILES string of the molecule is Cc1ccc(S(=O)(=O)N[I+]c2ccccc2S(=O)(=O)C(C)(C)C)cc1. The van der Waals surface area contributed by atoms with Gasteiger partial charge in [-0.3, -0.25) is 0 Å². The van der Waals surface area contributed by atoms with Crippen molar-refractivity contribution in [3.8, 4) is 0 Å². The molecular weight excluding hydrogens is 473 g/mol. The zero-order chi connectivity index (χ0) is 18.9. The molecule has 1 N–H and O–H groups in total. The number of sulfone groups is 1. The van der Waals surface area contributed by atoms with Gasteiger partial charge in [-0.15, -0.1) is 0 Å². The molecule has 0 unspecified atom stereocenters. The van der Waals surface area contributed by atoms with E-state index in [0.717, 1.165) is 5.56 Å². The highest BCUT2D eigenvalue weighted by Gasteiger charge is 2.37. The molecule has 0 radical (unpaired) electrons. The van der Waals surface area contributed by atoms with E-state index in [0.29, 0.717) is 3.57 Å². The highest BCUT2D eigenvalue weighted by atomic mass is 127. The molecule has 0 aliphatic carbocycles. The van der Waals surface area contributed by atoms with E-state index < -0.39 is 46.1 Å². The number of aryl methyl sites for hydroxylation is 1. The normalized spacial score (nSPS) is 13.0. The zero-order valence-corrected chi connectivity index (χ0v) is 18.2. The third-order valence-electron chi connectivity index (χ3n) is 3.51. The minimum absolute atomic E-state index is 0.175. The third-order valence-corrected chi connectivity index (χ3v) is 11.5. The van der Waals surface area contributed by atoms with Gasteiger partial charge in [0.05, 0.1) is 9.64 Å². The molecule has 2 aromatic carbocycles. The minimum Gasteiger partial charge on any atom is -0.223 e. The Morgan fingerprint density at radius 2 is 1.44 bits per heavy atom. The van der Waals surface area contributed by atoms with Crippen LogP contribution in [0.15, 0.2) is 58.3 Å². The maximum atomic E-state index is 12.7. The van der Waals surface area contributed by atoms with Crippen LogP contribution >= 0.6 is 0 Å². The summed E-state index contributed by atoms with van der Waals surface area (Å²) in [5.41, 5.74) is 0.968. The molecule has 136 valence electrons. The minimum atomic E-state index is -3.67. The highest BCUT2D eigenvalue weighted by Crippen LogP contribution is 2.24. The number of rotatable bonds is 5. The summed E-state index contributed by atoms with van der Waals surface area (Å²) in [6.07, 6.45) is 0. The summed E-state index contributed by atoms with van der Waals surface area (Å²) >= 11 is -1.25. The lowest BCUT2D eigenvalue weighted by Gasteiger charge is -2.18. The number of hydrogen-bond acceptors (Lipinski definition) is 4. The Kier molecular flexibility index (Phi) is 5.97. The van der Waals surface area contributed by atoms with Crippen molar-refractivity contribution in [2.75, 3.05) is 0 Å². The highest BCUT2D eigenvalue weighted by molar-refractivity contribution is 7.92. The number of hydrogen-bond donors (Lipinski definition) is 1. The van der Waals surface area contributed by atoms with Crippen molar-refractivity contribution in [2.45, 2.75) is 42.2 Å². The van der Waals surface area contributed by atoms with Gasteiger partial charge >= 0.3 is 21.5 Å². The molecule has 5 nitrogen and oxygen atoms in total. The van der Waals surface area contributed by atoms with E-state index in [1.807, 2.05) is 6.92 Å². The van der Waals surface area contributed by atoms with Crippen molar-refractivity contribution < 1.29 is 38.3 Å². The molecule has 0 bridgehead atoms. The quantitative estimate of drug-likeness (QED) is 0.458. The van der Waals surface area contributed by atoms with Crippen molar-refractivity contribution in [3.63, 3.8) is 0 Å². The van der Waals surface area contributed by atoms with E-state index in [1.165, 1.54) is 6.07 Å². The van der Waals surface area contributed by atoms with Crippen molar-refractivity contribution in [1.29, 1.82) is 0 Å². The Morgan fingerprint density at radius 3 is 2.00 bits per heavy atom. The van der Waals surface area contributed by atoms with Crippen LogP contribution in [-0.4, -0.2) is 21.6 Å². The molecule has 0 atom stereocenters. The van der Waals surface area contributed by atoms with Crippen LogP contribution in [0.2, 0.25) is 0 Å². The first kappa shape index (κ1) is 20.3. The van der Waals surface area contributed by atoms with Crippen molar-refractivity contribution in [3.05, 3.63) is 57.7 Å². The lowest BCUT2D eigenvalue weighted by Crippen LogP contribution is -3.68. The van der Waals surface area contributed by atoms with E-state index in [-0.39, 0.29) is 9.79 Å². The van der Waals surface area contributed by atoms with Gasteiger partial charge in [-0.2, -0.15) is 0 Å². The van der Waals surface area contributed by atoms with Gasteiger partial charge in [0, 0.05) is 2.94 Å². The molecule has 2 aromatic rings. The molecular formula is C17H21INO4S2+. The lowest BCUT2D eigenvalue weighted by atomic mass is 10.2. The van der Waals surface area contributed by atoms with Crippen LogP contribution in [0.4, 0.5) is 0 Å². The molecule has 8 heteroatoms. The zero-order valence-electron chi connectivity index (χ0n) is 14.4. The number of sulfonamides is 1. The standard InChI is InChI=1S/C17H21INO4S2/c1-13-9-11-14(12-10-13)25(22,23)19-18-15-7-5-6-8-16(15)24(20,21)17(2,3)4/h5-12,19H,1-4H3/q+1. The predicted molar refractivity (Wildman–Crippen MR) is 93.6 cm³/mol. The topological polar surface area (TPSA) is 80.3 Å². The van der Waals surface area contributed by atoms with Crippen LogP contribution in [0.3, 0.4) is 0 Å². The van der Waals surface area contributed by atoms with Crippen LogP contribution in [0.25, 0.3) is 0 Å². The van der Waals surface area contributed by atoms with Crippen LogP contribution < -0.4 is 24.4 Å². The number of benzene rings is 2. The molecule has 0 amide bonds. The van der Waals surface area contributed by atoms with Crippen LogP contribution in [0.5, 0.6) is 0 Å². The summed E-state index contributed by atoms with van der Waals surface area (Å²) in [6, 6.07) is 13.1. The van der Waals surface area contributed by atoms with E-state index in [1.54, 1.807) is 63.2 Å². The fourth-order valence-corrected chi connectivity index (χ4v) is 8.24. The summed E-state index contributed by atoms with van der Waals surface area (Å²) in [7, 11) is -7.22. The van der Waals surface area contributed by atoms with Crippen LogP contribution in [-0.2, 0) is 19.9 Å². The number of halogens is 1. The molecule has 0 saturated carbocycles. The van der Waals surface area contributed by atoms with E-state index in [9.17, 15) is 16.8 Å². The second-order valence-electron chi connectivity index (χ2n) is 6.53. The summed E-state index contributed by atoms with van der Waals surface area (Å²) in [5.74, 6) is 0. The van der Waals surface area contributed by atoms with Gasteiger partial charge in [-0.05, 0) is 52.0 Å². The van der Waals surface area contributed by atoms with E-state index in [2.05, 4.69) is 2.94 Å². The Hall–Kier alpha value is -0.970. The molecule has 0 heterocycles. The molecule has 0 fully saturated rings. The maximum absolute atomic E-state index is 12.7. The average molecular weight is 494 g/mol. The lowest BCUT2D eigenvalue weighted by molar-refractivity contribution is -0.667. The summed E-state index contributed by atoms with van der Waals surface area (Å²) in [4.78, 5) is 0.371. The Balaban J connectivity index is 2.32. The Morgan fingerprint density at radius 1 is 0.880 bits per heavy atom. The third kappa shape index (κ3) is 4.60. The van der Waals surface area contributed by atoms with Crippen LogP contribution in [0, 0.1) is 10.5 Å². The Bertz CT molecular complexity index is 960. The predicted octanol–water partition coefficient (Wildman–Crippen LogP) is -0.281. The second-order valence-corrected chi connectivity index (χ2v) is 13.9. The fraction of sp³-hybridized carbons (Fsp3) is 0.294. The van der Waals surface area contributed by atoms with Gasteiger partial charge in [-0.1, -0.05) is 29.8 Å². The molecule has 0 saturated heterocycles. The van der Waals surface area contributed by atoms with Gasteiger partial charge < -0.3 is 0 Å². The van der Waals surface area contributed by atoms with Gasteiger partial charge in [0.2, 0.25) is 3.57 Å². The molecule has 0 aliphatic heterocycles. The first-order chi connectivity index (χ1) is 11.4. The average Bonchev–Trinajstić information content (AvgIpc) is 2.52. The summed E-state index contributed by atoms with van der Waals surface area (Å²) < 4.78 is 52.5. The van der Waals surface area contributed by atoms with E-state index >= 15 is 0 Å². The largest absolute Gasteiger partial charge is 0.448 e. The van der Waals surface area contributed by atoms with Gasteiger partial charge in [0.15, 0.2) is 9.84 Å². The van der Waals surface area contributed by atoms with Crippen molar-refractivity contribution in [2.24, 2.45) is 0 Å². The van der Waals surface area contributed by atoms with Gasteiger partial charge in [0.1, 0.15) is 4.90 Å². The van der Waals surface area contributed by atoms with Gasteiger partial charge in [-0.25, -0.2) is 16.8 Å². The molecule has 0 aliphatic rings. The summed E-state index contributed by atoms with van der Waals surface area (Å²) in [6.45, 7) is 6.78. The fourth-order valence-electron chi connectivity index (χ4n) is 1.92. The smallest absolute Gasteiger partial charge is 0.223 e. The monoisotopic (exact) mass is 494 g/mol. The molecule has 0 aromatic heterocycles. The van der Waals surface area contributed by atoms with Gasteiger partial charge in [0.25, 0.3) is 10.0 Å². The second kappa shape index (κ2) is 7.34. The summed E-state index contributed by atoms with van der Waals surface area (Å²) in [5, 5.41) is 0. The van der Waals surface area contributed by atoms with Crippen molar-refractivity contribution in [1.82, 2.24) is 2.94 Å². The van der Waals surface area contributed by atoms with Crippen molar-refractivity contribution >= 4 is 19.9 Å². The number of nitrogens with one attached hydrogen (secondary N) is 1. The maximum Gasteiger partial charge on any atom is 0.448 e. The Labute approximate surface area is 160 Å². The van der Waals surface area contributed by atoms with E-state index in [4.69, 9.17) is 0 Å². The first-order valence-corrected chi connectivity index (χ1v) is 12.6. The van der Waals surface area contributed by atoms with Crippen LogP contribution in [0.1, 0.15) is 26.3 Å². The first-order valence-electron chi connectivity index (χ1n) is 7.51. The molecule has 0 spiro atoms. The molecule has 25 heavy (non-hydrogen) atoms.